The molecule has 0 aliphatic heterocycles. The number of hydrogen-bond acceptors (Lipinski definition) is 5. The Morgan fingerprint density at radius 2 is 2.35 bits per heavy atom. The number of aromatic nitrogens is 4. The highest BCUT2D eigenvalue weighted by molar-refractivity contribution is 5.98. The van der Waals surface area contributed by atoms with Gasteiger partial charge in [-0.1, -0.05) is 17.3 Å². The third kappa shape index (κ3) is 2.00. The molecule has 1 aromatic carbocycles. The molecular formula is C12H10FN5O2. The molecule has 0 fully saturated rings. The summed E-state index contributed by atoms with van der Waals surface area (Å²) in [5, 5.41) is 16.2. The molecule has 0 aliphatic carbocycles. The number of nitrogens with zero attached hydrogens (tertiary/aromatic N) is 3. The molecular weight excluding hydrogens is 265 g/mol. The van der Waals surface area contributed by atoms with E-state index in [-0.39, 0.29) is 17.9 Å². The van der Waals surface area contributed by atoms with Crippen LogP contribution < -0.4 is 5.32 Å². The van der Waals surface area contributed by atoms with E-state index in [9.17, 15) is 9.18 Å². The maximum Gasteiger partial charge on any atom is 0.287 e. The molecule has 0 bridgehead atoms. The molecule has 8 heteroatoms. The SMILES string of the molecule is Cc1c(C(=O)NCc2nn[nH]n2)oc2c(F)cccc12. The second kappa shape index (κ2) is 4.72. The fourth-order valence-electron chi connectivity index (χ4n) is 1.92. The second-order valence-electron chi connectivity index (χ2n) is 4.18. The Morgan fingerprint density at radius 3 is 3.05 bits per heavy atom. The maximum absolute atomic E-state index is 13.6. The van der Waals surface area contributed by atoms with Crippen LogP contribution in [0.25, 0.3) is 11.0 Å². The highest BCUT2D eigenvalue weighted by atomic mass is 19.1. The average molecular weight is 275 g/mol. The largest absolute Gasteiger partial charge is 0.448 e. The van der Waals surface area contributed by atoms with Gasteiger partial charge >= 0.3 is 0 Å². The predicted molar refractivity (Wildman–Crippen MR) is 66.3 cm³/mol. The molecule has 2 heterocycles. The van der Waals surface area contributed by atoms with Crippen LogP contribution in [0, 0.1) is 12.7 Å². The number of benzene rings is 1. The van der Waals surface area contributed by atoms with E-state index in [1.54, 1.807) is 19.1 Å². The van der Waals surface area contributed by atoms with Gasteiger partial charge in [-0.2, -0.15) is 5.21 Å². The van der Waals surface area contributed by atoms with Gasteiger partial charge in [0.15, 0.2) is 23.0 Å². The van der Waals surface area contributed by atoms with E-state index in [0.717, 1.165) is 0 Å². The molecule has 2 N–H and O–H groups in total. The van der Waals surface area contributed by atoms with E-state index in [1.807, 2.05) is 0 Å². The topological polar surface area (TPSA) is 96.7 Å². The number of aryl methyl sites for hydroxylation is 1. The fourth-order valence-corrected chi connectivity index (χ4v) is 1.92. The number of halogens is 1. The maximum atomic E-state index is 13.6. The second-order valence-corrected chi connectivity index (χ2v) is 4.18. The Kier molecular flexibility index (Phi) is 2.90. The van der Waals surface area contributed by atoms with Crippen molar-refractivity contribution in [3.8, 4) is 0 Å². The normalized spacial score (nSPS) is 10.9. The van der Waals surface area contributed by atoms with Crippen LogP contribution in [0.15, 0.2) is 22.6 Å². The number of hydrogen-bond donors (Lipinski definition) is 2. The van der Waals surface area contributed by atoms with E-state index < -0.39 is 11.7 Å². The summed E-state index contributed by atoms with van der Waals surface area (Å²) in [7, 11) is 0. The number of furan rings is 1. The lowest BCUT2D eigenvalue weighted by Crippen LogP contribution is -2.23. The van der Waals surface area contributed by atoms with Crippen LogP contribution in [-0.2, 0) is 6.54 Å². The van der Waals surface area contributed by atoms with E-state index in [0.29, 0.717) is 16.8 Å². The third-order valence-electron chi connectivity index (χ3n) is 2.92. The smallest absolute Gasteiger partial charge is 0.287 e. The summed E-state index contributed by atoms with van der Waals surface area (Å²) in [6, 6.07) is 4.56. The van der Waals surface area contributed by atoms with Gasteiger partial charge in [-0.15, -0.1) is 10.2 Å². The molecule has 3 rings (SSSR count). The molecule has 7 nitrogen and oxygen atoms in total. The summed E-state index contributed by atoms with van der Waals surface area (Å²) in [6.45, 7) is 1.81. The van der Waals surface area contributed by atoms with Crippen molar-refractivity contribution in [3.05, 3.63) is 41.2 Å². The first kappa shape index (κ1) is 12.3. The van der Waals surface area contributed by atoms with Crippen LogP contribution in [0.3, 0.4) is 0 Å². The highest BCUT2D eigenvalue weighted by Gasteiger charge is 2.19. The number of rotatable bonds is 3. The number of tetrazole rings is 1. The molecule has 0 saturated heterocycles. The lowest BCUT2D eigenvalue weighted by atomic mass is 10.1. The minimum atomic E-state index is -0.497. The van der Waals surface area contributed by atoms with Crippen molar-refractivity contribution in [2.45, 2.75) is 13.5 Å². The van der Waals surface area contributed by atoms with Crippen molar-refractivity contribution in [3.63, 3.8) is 0 Å². The zero-order chi connectivity index (χ0) is 14.1. The van der Waals surface area contributed by atoms with E-state index in [4.69, 9.17) is 4.42 Å². The molecule has 2 aromatic heterocycles. The standard InChI is InChI=1S/C12H10FN5O2/c1-6-7-3-2-4-8(13)11(7)20-10(6)12(19)14-5-9-15-17-18-16-9/h2-4H,5H2,1H3,(H,14,19)(H,15,16,17,18). The lowest BCUT2D eigenvalue weighted by molar-refractivity contribution is 0.0923. The zero-order valence-electron chi connectivity index (χ0n) is 10.5. The summed E-state index contributed by atoms with van der Waals surface area (Å²) < 4.78 is 18.9. The van der Waals surface area contributed by atoms with Gasteiger partial charge in [0.2, 0.25) is 0 Å². The number of carbonyl (C=O) groups excluding carboxylic acids is 1. The van der Waals surface area contributed by atoms with E-state index >= 15 is 0 Å². The Morgan fingerprint density at radius 1 is 1.50 bits per heavy atom. The van der Waals surface area contributed by atoms with Crippen molar-refractivity contribution in [1.82, 2.24) is 25.9 Å². The van der Waals surface area contributed by atoms with Crippen LogP contribution in [0.1, 0.15) is 21.9 Å². The van der Waals surface area contributed by atoms with Crippen LogP contribution in [0.4, 0.5) is 4.39 Å². The first-order valence-electron chi connectivity index (χ1n) is 5.85. The minimum Gasteiger partial charge on any atom is -0.448 e. The number of H-pyrrole nitrogens is 1. The molecule has 0 spiro atoms. The zero-order valence-corrected chi connectivity index (χ0v) is 10.5. The first-order valence-corrected chi connectivity index (χ1v) is 5.85. The van der Waals surface area contributed by atoms with Crippen molar-refractivity contribution >= 4 is 16.9 Å². The number of aromatic amines is 1. The molecule has 0 aliphatic rings. The van der Waals surface area contributed by atoms with Gasteiger partial charge in [-0.05, 0) is 13.0 Å². The van der Waals surface area contributed by atoms with Crippen molar-refractivity contribution < 1.29 is 13.6 Å². The van der Waals surface area contributed by atoms with Gasteiger partial charge < -0.3 is 9.73 Å². The Balaban J connectivity index is 1.88. The number of carbonyl (C=O) groups is 1. The first-order chi connectivity index (χ1) is 9.66. The molecule has 102 valence electrons. The minimum absolute atomic E-state index is 0.0774. The van der Waals surface area contributed by atoms with Crippen LogP contribution in [0.5, 0.6) is 0 Å². The molecule has 3 aromatic rings. The van der Waals surface area contributed by atoms with Crippen LogP contribution in [-0.4, -0.2) is 26.5 Å². The van der Waals surface area contributed by atoms with Gasteiger partial charge in [0.1, 0.15) is 0 Å². The van der Waals surface area contributed by atoms with Gasteiger partial charge in [0.25, 0.3) is 5.91 Å². The molecule has 0 unspecified atom stereocenters. The molecule has 0 atom stereocenters. The molecule has 1 amide bonds. The average Bonchev–Trinajstić information content (AvgIpc) is 3.06. The Hall–Kier alpha value is -2.77. The summed E-state index contributed by atoms with van der Waals surface area (Å²) in [6.07, 6.45) is 0. The van der Waals surface area contributed by atoms with Crippen LogP contribution in [0.2, 0.25) is 0 Å². The summed E-state index contributed by atoms with van der Waals surface area (Å²) in [4.78, 5) is 12.0. The monoisotopic (exact) mass is 275 g/mol. The molecule has 20 heavy (non-hydrogen) atoms. The summed E-state index contributed by atoms with van der Waals surface area (Å²) in [5.41, 5.74) is 0.667. The lowest BCUT2D eigenvalue weighted by Gasteiger charge is -1.99. The quantitative estimate of drug-likeness (QED) is 0.751. The molecule has 0 saturated carbocycles. The summed E-state index contributed by atoms with van der Waals surface area (Å²) >= 11 is 0. The van der Waals surface area contributed by atoms with Crippen molar-refractivity contribution in [2.24, 2.45) is 0 Å². The number of nitrogens with one attached hydrogen (secondary N) is 2. The van der Waals surface area contributed by atoms with E-state index in [1.165, 1.54) is 6.07 Å². The fraction of sp³-hybridized carbons (Fsp3) is 0.167. The van der Waals surface area contributed by atoms with E-state index in [2.05, 4.69) is 25.9 Å². The Bertz CT molecular complexity index is 766. The van der Waals surface area contributed by atoms with Gasteiger partial charge in [0.05, 0.1) is 6.54 Å². The predicted octanol–water partition coefficient (Wildman–Crippen LogP) is 1.32. The van der Waals surface area contributed by atoms with Crippen LogP contribution >= 0.6 is 0 Å². The third-order valence-corrected chi connectivity index (χ3v) is 2.92. The molecule has 0 radical (unpaired) electrons. The Labute approximate surface area is 112 Å². The highest BCUT2D eigenvalue weighted by Crippen LogP contribution is 2.27. The number of fused-ring (bicyclic) bond motifs is 1. The number of para-hydroxylation sites is 1. The van der Waals surface area contributed by atoms with Gasteiger partial charge in [-0.25, -0.2) is 4.39 Å². The van der Waals surface area contributed by atoms with Gasteiger partial charge in [0, 0.05) is 10.9 Å². The van der Waals surface area contributed by atoms with Crippen molar-refractivity contribution in [1.29, 1.82) is 0 Å². The van der Waals surface area contributed by atoms with Crippen molar-refractivity contribution in [2.75, 3.05) is 0 Å². The summed E-state index contributed by atoms with van der Waals surface area (Å²) in [5.74, 6) is -0.530. The van der Waals surface area contributed by atoms with Gasteiger partial charge in [-0.3, -0.25) is 4.79 Å². The number of amides is 1.